The molecular weight excluding hydrogens is 304 g/mol. The lowest BCUT2D eigenvalue weighted by molar-refractivity contribution is 0.0793. The second kappa shape index (κ2) is 6.27. The zero-order chi connectivity index (χ0) is 15.7. The van der Waals surface area contributed by atoms with Crippen molar-refractivity contribution in [2.24, 2.45) is 11.8 Å². The van der Waals surface area contributed by atoms with Gasteiger partial charge in [-0.05, 0) is 24.8 Å². The van der Waals surface area contributed by atoms with Crippen LogP contribution in [0.3, 0.4) is 0 Å². The van der Waals surface area contributed by atoms with E-state index in [0.29, 0.717) is 32.2 Å². The Labute approximate surface area is 132 Å². The van der Waals surface area contributed by atoms with Crippen molar-refractivity contribution in [1.82, 2.24) is 18.4 Å². The quantitative estimate of drug-likeness (QED) is 0.765. The molecule has 22 heavy (non-hydrogen) atoms. The molecule has 3 rings (SSSR count). The molecule has 7 nitrogen and oxygen atoms in total. The minimum Gasteiger partial charge on any atom is -0.381 e. The molecule has 124 valence electrons. The largest absolute Gasteiger partial charge is 0.381 e. The molecular formula is C14H24N4O3S. The Balaban J connectivity index is 1.73. The van der Waals surface area contributed by atoms with Crippen LogP contribution in [0.25, 0.3) is 0 Å². The highest BCUT2D eigenvalue weighted by Gasteiger charge is 2.32. The van der Waals surface area contributed by atoms with Crippen LogP contribution in [0.15, 0.2) is 12.3 Å². The third kappa shape index (κ3) is 3.51. The van der Waals surface area contributed by atoms with Crippen LogP contribution in [0.5, 0.6) is 0 Å². The summed E-state index contributed by atoms with van der Waals surface area (Å²) < 4.78 is 35.5. The molecule has 0 bridgehead atoms. The molecule has 1 unspecified atom stereocenters. The van der Waals surface area contributed by atoms with Gasteiger partial charge >= 0.3 is 0 Å². The maximum absolute atomic E-state index is 12.5. The maximum Gasteiger partial charge on any atom is 0.281 e. The number of aromatic nitrogens is 2. The monoisotopic (exact) mass is 328 g/mol. The summed E-state index contributed by atoms with van der Waals surface area (Å²) in [6, 6.07) is 1.88. The zero-order valence-electron chi connectivity index (χ0n) is 13.2. The lowest BCUT2D eigenvalue weighted by Crippen LogP contribution is -2.42. The number of hydrogen-bond donors (Lipinski definition) is 0. The van der Waals surface area contributed by atoms with E-state index in [1.807, 2.05) is 10.7 Å². The Morgan fingerprint density at radius 1 is 1.27 bits per heavy atom. The summed E-state index contributed by atoms with van der Waals surface area (Å²) in [6.07, 6.45) is 4.24. The summed E-state index contributed by atoms with van der Waals surface area (Å²) in [5.74, 6) is 0.835. The van der Waals surface area contributed by atoms with Gasteiger partial charge in [-0.3, -0.25) is 4.68 Å². The average Bonchev–Trinajstić information content (AvgIpc) is 3.21. The Bertz CT molecular complexity index is 609. The molecule has 1 aliphatic heterocycles. The van der Waals surface area contributed by atoms with Gasteiger partial charge in [-0.1, -0.05) is 0 Å². The van der Waals surface area contributed by atoms with E-state index in [0.717, 1.165) is 12.3 Å². The maximum atomic E-state index is 12.5. The van der Waals surface area contributed by atoms with Crippen LogP contribution in [0.2, 0.25) is 0 Å². The summed E-state index contributed by atoms with van der Waals surface area (Å²) in [4.78, 5) is 0. The van der Waals surface area contributed by atoms with Gasteiger partial charge in [0.05, 0.1) is 18.8 Å². The molecule has 2 aliphatic rings. The van der Waals surface area contributed by atoms with Crippen LogP contribution in [0.1, 0.15) is 18.5 Å². The molecule has 0 amide bonds. The standard InChI is InChI=1S/C14H24N4O3S/c1-16(2)22(19,20)17-7-13(11-21-10-12-3-4-12)8-18-14(9-17)5-6-15-18/h5-6,12-13H,3-4,7-11H2,1-2H3. The first-order valence-corrected chi connectivity index (χ1v) is 9.12. The highest BCUT2D eigenvalue weighted by molar-refractivity contribution is 7.86. The molecule has 8 heteroatoms. The molecule has 1 fully saturated rings. The van der Waals surface area contributed by atoms with Crippen molar-refractivity contribution in [3.05, 3.63) is 18.0 Å². The van der Waals surface area contributed by atoms with Crippen molar-refractivity contribution in [3.8, 4) is 0 Å². The van der Waals surface area contributed by atoms with E-state index in [-0.39, 0.29) is 5.92 Å². The van der Waals surface area contributed by atoms with Crippen molar-refractivity contribution < 1.29 is 13.2 Å². The van der Waals surface area contributed by atoms with E-state index in [4.69, 9.17) is 4.74 Å². The first-order chi connectivity index (χ1) is 10.5. The number of fused-ring (bicyclic) bond motifs is 1. The van der Waals surface area contributed by atoms with Crippen LogP contribution in [0.4, 0.5) is 0 Å². The number of hydrogen-bond acceptors (Lipinski definition) is 4. The summed E-state index contributed by atoms with van der Waals surface area (Å²) in [5, 5.41) is 4.31. The second-order valence-corrected chi connectivity index (χ2v) is 8.58. The number of ether oxygens (including phenoxy) is 1. The highest BCUT2D eigenvalue weighted by Crippen LogP contribution is 2.29. The predicted molar refractivity (Wildman–Crippen MR) is 82.3 cm³/mol. The number of rotatable bonds is 6. The molecule has 0 saturated heterocycles. The highest BCUT2D eigenvalue weighted by atomic mass is 32.2. The average molecular weight is 328 g/mol. The molecule has 0 aromatic carbocycles. The van der Waals surface area contributed by atoms with Gasteiger partial charge in [0, 0.05) is 45.9 Å². The Morgan fingerprint density at radius 2 is 2.00 bits per heavy atom. The van der Waals surface area contributed by atoms with Crippen molar-refractivity contribution in [3.63, 3.8) is 0 Å². The van der Waals surface area contributed by atoms with Gasteiger partial charge in [0.1, 0.15) is 0 Å². The first kappa shape index (κ1) is 15.9. The smallest absolute Gasteiger partial charge is 0.281 e. The third-order valence-electron chi connectivity index (χ3n) is 4.23. The van der Waals surface area contributed by atoms with Gasteiger partial charge in [-0.2, -0.15) is 22.1 Å². The van der Waals surface area contributed by atoms with Gasteiger partial charge in [0.25, 0.3) is 10.2 Å². The van der Waals surface area contributed by atoms with Crippen LogP contribution in [-0.4, -0.2) is 60.7 Å². The molecule has 1 aromatic heterocycles. The molecule has 1 atom stereocenters. The van der Waals surface area contributed by atoms with Gasteiger partial charge in [0.2, 0.25) is 0 Å². The Morgan fingerprint density at radius 3 is 2.68 bits per heavy atom. The van der Waals surface area contributed by atoms with Crippen molar-refractivity contribution in [2.45, 2.75) is 25.9 Å². The topological polar surface area (TPSA) is 67.7 Å². The van der Waals surface area contributed by atoms with Crippen LogP contribution in [0, 0.1) is 11.8 Å². The van der Waals surface area contributed by atoms with Gasteiger partial charge in [-0.15, -0.1) is 0 Å². The van der Waals surface area contributed by atoms with Gasteiger partial charge in [-0.25, -0.2) is 0 Å². The molecule has 0 radical (unpaired) electrons. The van der Waals surface area contributed by atoms with Crippen molar-refractivity contribution >= 4 is 10.2 Å². The van der Waals surface area contributed by atoms with Crippen molar-refractivity contribution in [2.75, 3.05) is 33.9 Å². The van der Waals surface area contributed by atoms with Gasteiger partial charge < -0.3 is 4.74 Å². The Kier molecular flexibility index (Phi) is 4.54. The summed E-state index contributed by atoms with van der Waals surface area (Å²) >= 11 is 0. The fourth-order valence-electron chi connectivity index (χ4n) is 2.69. The van der Waals surface area contributed by atoms with Crippen LogP contribution >= 0.6 is 0 Å². The first-order valence-electron chi connectivity index (χ1n) is 7.73. The lowest BCUT2D eigenvalue weighted by Gasteiger charge is -2.26. The molecule has 2 heterocycles. The Hall–Kier alpha value is -0.960. The van der Waals surface area contributed by atoms with E-state index in [2.05, 4.69) is 5.10 Å². The minimum absolute atomic E-state index is 0.120. The third-order valence-corrected chi connectivity index (χ3v) is 6.08. The normalized spacial score (nSPS) is 23.5. The van der Waals surface area contributed by atoms with Crippen LogP contribution in [-0.2, 0) is 28.0 Å². The lowest BCUT2D eigenvalue weighted by atomic mass is 10.1. The molecule has 1 aromatic rings. The molecule has 1 saturated carbocycles. The SMILES string of the molecule is CN(C)S(=O)(=O)N1Cc2ccnn2CC(COCC2CC2)C1. The molecule has 0 spiro atoms. The molecule has 0 N–H and O–H groups in total. The minimum atomic E-state index is -3.44. The predicted octanol–water partition coefficient (Wildman–Crippen LogP) is 0.548. The fourth-order valence-corrected chi connectivity index (χ4v) is 3.85. The summed E-state index contributed by atoms with van der Waals surface area (Å²) in [5.41, 5.74) is 0.926. The molecule has 1 aliphatic carbocycles. The van der Waals surface area contributed by atoms with Crippen LogP contribution < -0.4 is 0 Å². The van der Waals surface area contributed by atoms with E-state index < -0.39 is 10.2 Å². The summed E-state index contributed by atoms with van der Waals surface area (Å²) in [7, 11) is -0.305. The zero-order valence-corrected chi connectivity index (χ0v) is 14.0. The summed E-state index contributed by atoms with van der Waals surface area (Å²) in [6.45, 7) is 2.90. The van der Waals surface area contributed by atoms with E-state index in [9.17, 15) is 8.42 Å². The van der Waals surface area contributed by atoms with E-state index in [1.165, 1.54) is 21.5 Å². The second-order valence-electron chi connectivity index (χ2n) is 6.43. The van der Waals surface area contributed by atoms with E-state index in [1.54, 1.807) is 20.3 Å². The fraction of sp³-hybridized carbons (Fsp3) is 0.786. The number of nitrogens with zero attached hydrogens (tertiary/aromatic N) is 4. The van der Waals surface area contributed by atoms with E-state index >= 15 is 0 Å². The van der Waals surface area contributed by atoms with Gasteiger partial charge in [0.15, 0.2) is 0 Å². The van der Waals surface area contributed by atoms with Crippen molar-refractivity contribution in [1.29, 1.82) is 0 Å².